The van der Waals surface area contributed by atoms with Crippen LogP contribution in [0.15, 0.2) is 21.6 Å². The second-order valence-electron chi connectivity index (χ2n) is 6.45. The minimum Gasteiger partial charge on any atom is -0.460 e. The van der Waals surface area contributed by atoms with E-state index in [1.807, 2.05) is 11.8 Å². The van der Waals surface area contributed by atoms with Crippen molar-refractivity contribution in [2.75, 3.05) is 37.7 Å². The summed E-state index contributed by atoms with van der Waals surface area (Å²) in [5.74, 6) is -0.417. The molecule has 2 aromatic rings. The van der Waals surface area contributed by atoms with E-state index in [9.17, 15) is 18.5 Å². The van der Waals surface area contributed by atoms with Crippen LogP contribution in [0.1, 0.15) is 34.3 Å². The van der Waals surface area contributed by atoms with Gasteiger partial charge in [0.05, 0.1) is 12.3 Å². The van der Waals surface area contributed by atoms with Gasteiger partial charge in [0.25, 0.3) is 10.0 Å². The summed E-state index contributed by atoms with van der Waals surface area (Å²) >= 11 is 0. The van der Waals surface area contributed by atoms with Crippen molar-refractivity contribution in [2.45, 2.75) is 25.9 Å². The van der Waals surface area contributed by atoms with Crippen LogP contribution in [0.2, 0.25) is 0 Å². The Labute approximate surface area is 168 Å². The van der Waals surface area contributed by atoms with Gasteiger partial charge in [-0.2, -0.15) is 14.7 Å². The first-order valence-electron chi connectivity index (χ1n) is 9.05. The Morgan fingerprint density at radius 1 is 1.24 bits per heavy atom. The lowest BCUT2D eigenvalue weighted by atomic mass is 10.1. The van der Waals surface area contributed by atoms with E-state index in [0.717, 1.165) is 5.56 Å². The summed E-state index contributed by atoms with van der Waals surface area (Å²) in [5, 5.41) is 17.4. The van der Waals surface area contributed by atoms with Crippen LogP contribution >= 0.6 is 0 Å². The molecule has 0 amide bonds. The van der Waals surface area contributed by atoms with Gasteiger partial charge in [-0.3, -0.25) is 0 Å². The second kappa shape index (κ2) is 8.18. The van der Waals surface area contributed by atoms with Gasteiger partial charge in [0.2, 0.25) is 10.9 Å². The quantitative estimate of drug-likeness (QED) is 0.657. The monoisotopic (exact) mass is 419 g/mol. The van der Waals surface area contributed by atoms with Gasteiger partial charge in [0, 0.05) is 26.2 Å². The number of hydrogen-bond acceptors (Lipinski definition) is 9. The SMILES string of the molecule is CCOC(=O)c1ccc(S(=O)(=O)N2CCN(c3nnc(C)c(C)c3C#N)CC2)o1. The van der Waals surface area contributed by atoms with Crippen molar-refractivity contribution in [2.24, 2.45) is 0 Å². The largest absolute Gasteiger partial charge is 0.460 e. The molecule has 0 aliphatic carbocycles. The Kier molecular flexibility index (Phi) is 5.86. The lowest BCUT2D eigenvalue weighted by Gasteiger charge is -2.34. The molecule has 0 saturated carbocycles. The number of aryl methyl sites for hydroxylation is 1. The molecule has 29 heavy (non-hydrogen) atoms. The summed E-state index contributed by atoms with van der Waals surface area (Å²) in [6, 6.07) is 4.69. The number of sulfonamides is 1. The zero-order valence-corrected chi connectivity index (χ0v) is 17.2. The van der Waals surface area contributed by atoms with Crippen molar-refractivity contribution in [1.82, 2.24) is 14.5 Å². The number of piperazine rings is 1. The normalized spacial score (nSPS) is 15.2. The third kappa shape index (κ3) is 3.94. The van der Waals surface area contributed by atoms with E-state index in [0.29, 0.717) is 30.2 Å². The molecule has 3 heterocycles. The zero-order chi connectivity index (χ0) is 21.2. The second-order valence-corrected chi connectivity index (χ2v) is 8.32. The topological polar surface area (TPSA) is 130 Å². The maximum atomic E-state index is 12.8. The van der Waals surface area contributed by atoms with Crippen LogP contribution in [-0.2, 0) is 14.8 Å². The van der Waals surface area contributed by atoms with Crippen LogP contribution in [0.25, 0.3) is 0 Å². The number of rotatable bonds is 5. The minimum atomic E-state index is -3.89. The number of ether oxygens (including phenoxy) is 1. The van der Waals surface area contributed by atoms with E-state index in [4.69, 9.17) is 9.15 Å². The lowest BCUT2D eigenvalue weighted by Crippen LogP contribution is -2.49. The molecule has 1 saturated heterocycles. The van der Waals surface area contributed by atoms with Crippen LogP contribution in [0, 0.1) is 25.2 Å². The Morgan fingerprint density at radius 3 is 2.55 bits per heavy atom. The molecule has 0 N–H and O–H groups in total. The molecule has 0 spiro atoms. The third-order valence-corrected chi connectivity index (χ3v) is 6.51. The standard InChI is InChI=1S/C18H21N5O5S/c1-4-27-18(24)15-5-6-16(28-15)29(25,26)23-9-7-22(8-10-23)17-14(11-19)12(2)13(3)20-21-17/h5-6H,4,7-10H2,1-3H3. The number of hydrogen-bond donors (Lipinski definition) is 0. The number of anilines is 1. The Balaban J connectivity index is 1.75. The average Bonchev–Trinajstić information content (AvgIpc) is 3.21. The molecule has 1 aliphatic rings. The number of nitrogens with zero attached hydrogens (tertiary/aromatic N) is 5. The molecule has 1 aliphatic heterocycles. The Bertz CT molecular complexity index is 1060. The van der Waals surface area contributed by atoms with Crippen molar-refractivity contribution < 1.29 is 22.4 Å². The van der Waals surface area contributed by atoms with Gasteiger partial charge in [-0.05, 0) is 38.5 Å². The third-order valence-electron chi connectivity index (χ3n) is 4.74. The smallest absolute Gasteiger partial charge is 0.374 e. The maximum absolute atomic E-state index is 12.8. The van der Waals surface area contributed by atoms with Crippen molar-refractivity contribution in [3.05, 3.63) is 34.7 Å². The molecule has 0 radical (unpaired) electrons. The van der Waals surface area contributed by atoms with Crippen LogP contribution in [0.5, 0.6) is 0 Å². The van der Waals surface area contributed by atoms with Crippen molar-refractivity contribution >= 4 is 21.8 Å². The van der Waals surface area contributed by atoms with E-state index in [1.165, 1.54) is 16.4 Å². The van der Waals surface area contributed by atoms with Gasteiger partial charge < -0.3 is 14.1 Å². The fourth-order valence-corrected chi connectivity index (χ4v) is 4.32. The molecule has 2 aromatic heterocycles. The number of aromatic nitrogens is 2. The highest BCUT2D eigenvalue weighted by atomic mass is 32.2. The zero-order valence-electron chi connectivity index (χ0n) is 16.4. The molecule has 0 atom stereocenters. The summed E-state index contributed by atoms with van der Waals surface area (Å²) in [7, 11) is -3.89. The van der Waals surface area contributed by atoms with Crippen LogP contribution in [0.3, 0.4) is 0 Å². The summed E-state index contributed by atoms with van der Waals surface area (Å²) in [4.78, 5) is 13.5. The molecule has 3 rings (SSSR count). The van der Waals surface area contributed by atoms with Crippen molar-refractivity contribution in [3.8, 4) is 6.07 Å². The minimum absolute atomic E-state index is 0.159. The van der Waals surface area contributed by atoms with Gasteiger partial charge in [0.15, 0.2) is 5.82 Å². The first kappa shape index (κ1) is 20.8. The van der Waals surface area contributed by atoms with Gasteiger partial charge in [-0.25, -0.2) is 13.2 Å². The number of furan rings is 1. The van der Waals surface area contributed by atoms with Gasteiger partial charge >= 0.3 is 5.97 Å². The molecule has 0 bridgehead atoms. The molecule has 1 fully saturated rings. The molecule has 0 unspecified atom stereocenters. The molecule has 154 valence electrons. The fourth-order valence-electron chi connectivity index (χ4n) is 2.99. The molecule has 11 heteroatoms. The highest BCUT2D eigenvalue weighted by Gasteiger charge is 2.33. The van der Waals surface area contributed by atoms with Gasteiger partial charge in [0.1, 0.15) is 11.6 Å². The van der Waals surface area contributed by atoms with Crippen molar-refractivity contribution in [1.29, 1.82) is 5.26 Å². The van der Waals surface area contributed by atoms with Crippen molar-refractivity contribution in [3.63, 3.8) is 0 Å². The van der Waals surface area contributed by atoms with Crippen LogP contribution in [0.4, 0.5) is 5.82 Å². The first-order valence-corrected chi connectivity index (χ1v) is 10.5. The maximum Gasteiger partial charge on any atom is 0.374 e. The summed E-state index contributed by atoms with van der Waals surface area (Å²) in [5.41, 5.74) is 1.88. The predicted octanol–water partition coefficient (Wildman–Crippen LogP) is 1.25. The van der Waals surface area contributed by atoms with E-state index >= 15 is 0 Å². The Hall–Kier alpha value is -2.97. The molecular formula is C18H21N5O5S. The Morgan fingerprint density at radius 2 is 1.93 bits per heavy atom. The van der Waals surface area contributed by atoms with Crippen LogP contribution in [-0.4, -0.2) is 61.7 Å². The summed E-state index contributed by atoms with van der Waals surface area (Å²) in [6.45, 7) is 6.45. The van der Waals surface area contributed by atoms with Crippen LogP contribution < -0.4 is 4.90 Å². The molecule has 0 aromatic carbocycles. The summed E-state index contributed by atoms with van der Waals surface area (Å²) < 4.78 is 37.0. The number of nitriles is 1. The van der Waals surface area contributed by atoms with Gasteiger partial charge in [-0.1, -0.05) is 0 Å². The van der Waals surface area contributed by atoms with E-state index in [2.05, 4.69) is 16.3 Å². The van der Waals surface area contributed by atoms with Gasteiger partial charge in [-0.15, -0.1) is 5.10 Å². The number of carbonyl (C=O) groups excluding carboxylic acids is 1. The van der Waals surface area contributed by atoms with E-state index in [1.54, 1.807) is 13.8 Å². The first-order chi connectivity index (χ1) is 13.8. The summed E-state index contributed by atoms with van der Waals surface area (Å²) in [6.07, 6.45) is 0. The highest BCUT2D eigenvalue weighted by Crippen LogP contribution is 2.25. The average molecular weight is 419 g/mol. The molecular weight excluding hydrogens is 398 g/mol. The fraction of sp³-hybridized carbons (Fsp3) is 0.444. The molecule has 10 nitrogen and oxygen atoms in total. The number of esters is 1. The van der Waals surface area contributed by atoms with E-state index < -0.39 is 16.0 Å². The lowest BCUT2D eigenvalue weighted by molar-refractivity contribution is 0.0483. The number of carbonyl (C=O) groups is 1. The predicted molar refractivity (Wildman–Crippen MR) is 102 cm³/mol. The highest BCUT2D eigenvalue weighted by molar-refractivity contribution is 7.89. The van der Waals surface area contributed by atoms with E-state index in [-0.39, 0.29) is 30.5 Å².